The Morgan fingerprint density at radius 2 is 1.64 bits per heavy atom. The quantitative estimate of drug-likeness (QED) is 0.278. The van der Waals surface area contributed by atoms with Crippen molar-refractivity contribution < 1.29 is 23.9 Å². The first-order valence-corrected chi connectivity index (χ1v) is 12.7. The van der Waals surface area contributed by atoms with Crippen LogP contribution in [0.5, 0.6) is 0 Å². The zero-order valence-electron chi connectivity index (χ0n) is 20.1. The van der Waals surface area contributed by atoms with Crippen LogP contribution in [0.2, 0.25) is 5.02 Å². The van der Waals surface area contributed by atoms with E-state index in [4.69, 9.17) is 11.6 Å². The van der Waals surface area contributed by atoms with E-state index in [0.29, 0.717) is 24.3 Å². The van der Waals surface area contributed by atoms with Gasteiger partial charge in [-0.15, -0.1) is 0 Å². The number of anilines is 1. The van der Waals surface area contributed by atoms with Gasteiger partial charge in [0.25, 0.3) is 5.91 Å². The van der Waals surface area contributed by atoms with E-state index in [0.717, 1.165) is 31.1 Å². The van der Waals surface area contributed by atoms with Gasteiger partial charge >= 0.3 is 5.97 Å². The first-order chi connectivity index (χ1) is 17.3. The highest BCUT2D eigenvalue weighted by Crippen LogP contribution is 2.16. The van der Waals surface area contributed by atoms with Gasteiger partial charge in [0.2, 0.25) is 11.7 Å². The summed E-state index contributed by atoms with van der Waals surface area (Å²) < 4.78 is 4.63. The second-order valence-electron chi connectivity index (χ2n) is 8.44. The van der Waals surface area contributed by atoms with Crippen LogP contribution >= 0.6 is 24.2 Å². The number of piperazine rings is 1. The molecule has 1 heterocycles. The SMILES string of the molecule is CCOC(=O)C(=O)CC(S)C(=O)Nc1ccc(C(=O)N2CCN(CCc3ccc(Cl)cc3)CC2)cc1. The molecular weight excluding hydrogens is 502 g/mol. The zero-order valence-corrected chi connectivity index (χ0v) is 21.8. The summed E-state index contributed by atoms with van der Waals surface area (Å²) in [6.07, 6.45) is 0.568. The average Bonchev–Trinajstić information content (AvgIpc) is 2.88. The molecule has 1 saturated heterocycles. The molecule has 0 aliphatic carbocycles. The molecule has 1 fully saturated rings. The normalized spacial score (nSPS) is 14.7. The summed E-state index contributed by atoms with van der Waals surface area (Å²) in [5.41, 5.74) is 2.23. The number of halogens is 1. The number of esters is 1. The Morgan fingerprint density at radius 1 is 1.00 bits per heavy atom. The van der Waals surface area contributed by atoms with Crippen LogP contribution < -0.4 is 5.32 Å². The molecule has 3 rings (SSSR count). The van der Waals surface area contributed by atoms with Gasteiger partial charge in [0.05, 0.1) is 11.9 Å². The average molecular weight is 532 g/mol. The van der Waals surface area contributed by atoms with Crippen molar-refractivity contribution in [1.29, 1.82) is 0 Å². The van der Waals surface area contributed by atoms with E-state index < -0.39 is 22.9 Å². The predicted octanol–water partition coefficient (Wildman–Crippen LogP) is 3.10. The number of hydrogen-bond donors (Lipinski definition) is 2. The van der Waals surface area contributed by atoms with Crippen LogP contribution in [0.15, 0.2) is 48.5 Å². The minimum absolute atomic E-state index is 0.0580. The molecule has 2 aromatic rings. The number of carbonyl (C=O) groups is 4. The summed E-state index contributed by atoms with van der Waals surface area (Å²) in [6, 6.07) is 14.4. The van der Waals surface area contributed by atoms with Gasteiger partial charge in [-0.3, -0.25) is 19.3 Å². The minimum Gasteiger partial charge on any atom is -0.460 e. The number of nitrogens with zero attached hydrogens (tertiary/aromatic N) is 2. The molecule has 0 spiro atoms. The van der Waals surface area contributed by atoms with Gasteiger partial charge in [-0.1, -0.05) is 23.7 Å². The van der Waals surface area contributed by atoms with Crippen molar-refractivity contribution in [1.82, 2.24) is 9.80 Å². The molecule has 0 aromatic heterocycles. The maximum Gasteiger partial charge on any atom is 0.374 e. The summed E-state index contributed by atoms with van der Waals surface area (Å²) in [5, 5.41) is 2.37. The summed E-state index contributed by atoms with van der Waals surface area (Å²) in [5.74, 6) is -2.37. The second-order valence-corrected chi connectivity index (χ2v) is 9.50. The van der Waals surface area contributed by atoms with Crippen molar-refractivity contribution in [2.75, 3.05) is 44.6 Å². The number of ketones is 1. The molecule has 0 saturated carbocycles. The Hall–Kier alpha value is -2.88. The fraction of sp³-hybridized carbons (Fsp3) is 0.385. The van der Waals surface area contributed by atoms with Crippen molar-refractivity contribution in [3.05, 3.63) is 64.7 Å². The molecule has 2 aromatic carbocycles. The number of rotatable bonds is 10. The van der Waals surface area contributed by atoms with Crippen LogP contribution in [0.4, 0.5) is 5.69 Å². The lowest BCUT2D eigenvalue weighted by Crippen LogP contribution is -2.49. The van der Waals surface area contributed by atoms with E-state index in [2.05, 4.69) is 27.6 Å². The fourth-order valence-corrected chi connectivity index (χ4v) is 4.14. The topological polar surface area (TPSA) is 96.0 Å². The number of nitrogens with one attached hydrogen (secondary N) is 1. The summed E-state index contributed by atoms with van der Waals surface area (Å²) in [7, 11) is 0. The first kappa shape index (κ1) is 27.7. The number of thiol groups is 1. The highest BCUT2D eigenvalue weighted by molar-refractivity contribution is 7.81. The minimum atomic E-state index is -1.00. The molecular formula is C26H30ClN3O5S. The van der Waals surface area contributed by atoms with E-state index in [1.807, 2.05) is 29.2 Å². The van der Waals surface area contributed by atoms with E-state index >= 15 is 0 Å². The number of carbonyl (C=O) groups excluding carboxylic acids is 4. The van der Waals surface area contributed by atoms with Crippen molar-refractivity contribution in [3.8, 4) is 0 Å². The molecule has 1 aliphatic heterocycles. The summed E-state index contributed by atoms with van der Waals surface area (Å²) >= 11 is 10.1. The molecule has 8 nitrogen and oxygen atoms in total. The predicted molar refractivity (Wildman–Crippen MR) is 142 cm³/mol. The molecule has 1 aliphatic rings. The van der Waals surface area contributed by atoms with Crippen LogP contribution in [-0.2, 0) is 25.5 Å². The molecule has 0 bridgehead atoms. The van der Waals surface area contributed by atoms with Crippen LogP contribution in [0.3, 0.4) is 0 Å². The smallest absolute Gasteiger partial charge is 0.374 e. The lowest BCUT2D eigenvalue weighted by Gasteiger charge is -2.34. The first-order valence-electron chi connectivity index (χ1n) is 11.8. The number of ether oxygens (including phenoxy) is 1. The van der Waals surface area contributed by atoms with Gasteiger partial charge in [0, 0.05) is 55.4 Å². The van der Waals surface area contributed by atoms with Crippen LogP contribution in [0.25, 0.3) is 0 Å². The van der Waals surface area contributed by atoms with E-state index in [1.54, 1.807) is 31.2 Å². The lowest BCUT2D eigenvalue weighted by molar-refractivity contribution is -0.153. The highest BCUT2D eigenvalue weighted by atomic mass is 35.5. The van der Waals surface area contributed by atoms with Gasteiger partial charge in [0.1, 0.15) is 0 Å². The van der Waals surface area contributed by atoms with Gasteiger partial charge < -0.3 is 15.0 Å². The molecule has 1 unspecified atom stereocenters. The van der Waals surface area contributed by atoms with Gasteiger partial charge in [-0.25, -0.2) is 4.79 Å². The number of amides is 2. The summed E-state index contributed by atoms with van der Waals surface area (Å²) in [4.78, 5) is 52.6. The van der Waals surface area contributed by atoms with E-state index in [-0.39, 0.29) is 18.9 Å². The van der Waals surface area contributed by atoms with Gasteiger partial charge in [0.15, 0.2) is 0 Å². The molecule has 0 radical (unpaired) electrons. The largest absolute Gasteiger partial charge is 0.460 e. The number of hydrogen-bond acceptors (Lipinski definition) is 7. The van der Waals surface area contributed by atoms with Crippen molar-refractivity contribution in [3.63, 3.8) is 0 Å². The van der Waals surface area contributed by atoms with Gasteiger partial charge in [-0.05, 0) is 55.3 Å². The Morgan fingerprint density at radius 3 is 2.25 bits per heavy atom. The van der Waals surface area contributed by atoms with Crippen LogP contribution in [-0.4, -0.2) is 77.9 Å². The standard InChI is InChI=1S/C26H30ClN3O5S/c1-2-35-26(34)22(31)17-23(36)24(32)28-21-9-5-19(6-10-21)25(33)30-15-13-29(14-16-30)12-11-18-3-7-20(27)8-4-18/h3-10,23,36H,2,11-17H2,1H3,(H,28,32). The molecule has 10 heteroatoms. The fourth-order valence-electron chi connectivity index (χ4n) is 3.78. The number of Topliss-reactive ketones (excluding diaryl/α,β-unsaturated/α-hetero) is 1. The molecule has 1 N–H and O–H groups in total. The summed E-state index contributed by atoms with van der Waals surface area (Å²) in [6.45, 7) is 5.51. The van der Waals surface area contributed by atoms with Crippen molar-refractivity contribution >= 4 is 53.5 Å². The van der Waals surface area contributed by atoms with Crippen molar-refractivity contribution in [2.24, 2.45) is 0 Å². The molecule has 192 valence electrons. The third-order valence-corrected chi connectivity index (χ3v) is 6.54. The number of benzene rings is 2. The van der Waals surface area contributed by atoms with Crippen LogP contribution in [0, 0.1) is 0 Å². The molecule has 2 amide bonds. The van der Waals surface area contributed by atoms with E-state index in [1.165, 1.54) is 5.56 Å². The third kappa shape index (κ3) is 8.08. The Labute approximate surface area is 221 Å². The van der Waals surface area contributed by atoms with Crippen LogP contribution in [0.1, 0.15) is 29.3 Å². The van der Waals surface area contributed by atoms with E-state index in [9.17, 15) is 19.2 Å². The molecule has 1 atom stereocenters. The maximum atomic E-state index is 12.9. The monoisotopic (exact) mass is 531 g/mol. The third-order valence-electron chi connectivity index (χ3n) is 5.87. The second kappa shape index (κ2) is 13.4. The Kier molecular flexibility index (Phi) is 10.3. The Balaban J connectivity index is 1.44. The van der Waals surface area contributed by atoms with Crippen molar-refractivity contribution in [2.45, 2.75) is 25.0 Å². The zero-order chi connectivity index (χ0) is 26.1. The van der Waals surface area contributed by atoms with Gasteiger partial charge in [-0.2, -0.15) is 12.6 Å². The Bertz CT molecular complexity index is 1070. The lowest BCUT2D eigenvalue weighted by atomic mass is 10.1. The molecule has 36 heavy (non-hydrogen) atoms. The maximum absolute atomic E-state index is 12.9. The highest BCUT2D eigenvalue weighted by Gasteiger charge is 2.24.